The lowest BCUT2D eigenvalue weighted by atomic mass is 10.5. The topological polar surface area (TPSA) is 58.9 Å². The van der Waals surface area contributed by atoms with Crippen molar-refractivity contribution in [2.75, 3.05) is 13.2 Å². The van der Waals surface area contributed by atoms with Gasteiger partial charge in [-0.25, -0.2) is 0 Å². The molecule has 146 valence electrons. The molecule has 2 unspecified atom stereocenters. The molecule has 4 nitrogen and oxygen atoms in total. The molecule has 0 aromatic heterocycles. The Balaban J connectivity index is 5.07. The van der Waals surface area contributed by atoms with Crippen LogP contribution in [0, 0.1) is 0 Å². The molecule has 8 heteroatoms. The Hall–Kier alpha value is 0.708. The highest BCUT2D eigenvalue weighted by Crippen LogP contribution is 2.32. The summed E-state index contributed by atoms with van der Waals surface area (Å²) >= 11 is 0. The van der Waals surface area contributed by atoms with Crippen LogP contribution in [0.1, 0.15) is 12.8 Å². The summed E-state index contributed by atoms with van der Waals surface area (Å²) < 4.78 is 13.3. The van der Waals surface area contributed by atoms with E-state index in [1.54, 1.807) is 0 Å². The van der Waals surface area contributed by atoms with Gasteiger partial charge in [-0.15, -0.1) is 0 Å². The fourth-order valence-corrected chi connectivity index (χ4v) is 23.4. The van der Waals surface area contributed by atoms with Crippen LogP contribution in [-0.4, -0.2) is 56.7 Å². The largest absolute Gasteiger partial charge is 0.456 e. The minimum Gasteiger partial charge on any atom is -0.456 e. The van der Waals surface area contributed by atoms with E-state index >= 15 is 0 Å². The zero-order valence-electron chi connectivity index (χ0n) is 17.4. The van der Waals surface area contributed by atoms with Crippen LogP contribution in [0.15, 0.2) is 0 Å². The fourth-order valence-electron chi connectivity index (χ4n) is 3.37. The molecule has 2 N–H and O–H groups in total. The van der Waals surface area contributed by atoms with Crippen LogP contribution in [0.5, 0.6) is 0 Å². The normalized spacial score (nSPS) is 18.2. The van der Waals surface area contributed by atoms with E-state index in [1.165, 1.54) is 0 Å². The van der Waals surface area contributed by atoms with Gasteiger partial charge in [-0.05, 0) is 89.4 Å². The Labute approximate surface area is 154 Å². The second-order valence-electron chi connectivity index (χ2n) is 9.48. The van der Waals surface area contributed by atoms with E-state index in [-0.39, 0.29) is 13.2 Å². The van der Waals surface area contributed by atoms with Crippen LogP contribution in [0.3, 0.4) is 0 Å². The second-order valence-corrected chi connectivity index (χ2v) is 27.4. The molecule has 0 saturated heterocycles. The van der Waals surface area contributed by atoms with Gasteiger partial charge in [0.25, 0.3) is 0 Å². The third-order valence-electron chi connectivity index (χ3n) is 4.02. The van der Waals surface area contributed by atoms with Gasteiger partial charge in [0, 0.05) is 13.2 Å². The van der Waals surface area contributed by atoms with Crippen molar-refractivity contribution >= 4 is 33.3 Å². The van der Waals surface area contributed by atoms with Crippen LogP contribution in [0.2, 0.25) is 76.6 Å². The van der Waals surface area contributed by atoms with Crippen molar-refractivity contribution in [3.05, 3.63) is 0 Å². The molecule has 0 aromatic carbocycles. The third-order valence-corrected chi connectivity index (χ3v) is 18.8. The molecular weight excluding hydrogens is 369 g/mol. The molecule has 0 saturated carbocycles. The lowest BCUT2D eigenvalue weighted by Gasteiger charge is -2.39. The van der Waals surface area contributed by atoms with Crippen LogP contribution in [-0.2, 0) is 8.23 Å². The maximum Gasteiger partial charge on any atom is 0.176 e. The first-order valence-corrected chi connectivity index (χ1v) is 21.8. The first-order valence-electron chi connectivity index (χ1n) is 9.36. The summed E-state index contributed by atoms with van der Waals surface area (Å²) in [5.74, 6) is 0. The summed E-state index contributed by atoms with van der Waals surface area (Å²) in [5.41, 5.74) is 0. The SMILES string of the molecule is C[Si](C)(C)O[Si](C)(CCCO)CC[Si](C)(CCCO)O[Si](C)(C)C. The molecule has 0 heterocycles. The van der Waals surface area contributed by atoms with Crippen LogP contribution >= 0.6 is 0 Å². The lowest BCUT2D eigenvalue weighted by Crippen LogP contribution is -2.49. The summed E-state index contributed by atoms with van der Waals surface area (Å²) in [6.45, 7) is 18.8. The van der Waals surface area contributed by atoms with E-state index in [2.05, 4.69) is 52.4 Å². The summed E-state index contributed by atoms with van der Waals surface area (Å²) in [5, 5.41) is 18.5. The number of hydrogen-bond donors (Lipinski definition) is 2. The van der Waals surface area contributed by atoms with Gasteiger partial charge >= 0.3 is 0 Å². The van der Waals surface area contributed by atoms with E-state index in [9.17, 15) is 10.2 Å². The second kappa shape index (κ2) is 10.1. The van der Waals surface area contributed by atoms with Gasteiger partial charge in [-0.1, -0.05) is 0 Å². The van der Waals surface area contributed by atoms with Crippen LogP contribution in [0.25, 0.3) is 0 Å². The minimum atomic E-state index is -1.82. The zero-order chi connectivity index (χ0) is 19.1. The Morgan fingerprint density at radius 2 is 0.833 bits per heavy atom. The lowest BCUT2D eigenvalue weighted by molar-refractivity contribution is 0.291. The molecule has 0 rings (SSSR count). The summed E-state index contributed by atoms with van der Waals surface area (Å²) in [4.78, 5) is 0. The van der Waals surface area contributed by atoms with E-state index in [0.29, 0.717) is 0 Å². The van der Waals surface area contributed by atoms with Crippen molar-refractivity contribution in [1.82, 2.24) is 0 Å². The Morgan fingerprint density at radius 1 is 0.542 bits per heavy atom. The number of aliphatic hydroxyl groups excluding tert-OH is 2. The average Bonchev–Trinajstić information content (AvgIpc) is 2.37. The first-order chi connectivity index (χ1) is 10.7. The van der Waals surface area contributed by atoms with Gasteiger partial charge in [-0.3, -0.25) is 0 Å². The van der Waals surface area contributed by atoms with Crippen molar-refractivity contribution in [3.63, 3.8) is 0 Å². The van der Waals surface area contributed by atoms with Crippen molar-refractivity contribution in [1.29, 1.82) is 0 Å². The minimum absolute atomic E-state index is 0.252. The fraction of sp³-hybridized carbons (Fsp3) is 1.00. The summed E-state index contributed by atoms with van der Waals surface area (Å²) in [6, 6.07) is 4.31. The van der Waals surface area contributed by atoms with Gasteiger partial charge in [0.2, 0.25) is 0 Å². The van der Waals surface area contributed by atoms with E-state index in [0.717, 1.165) is 37.0 Å². The molecule has 0 bridgehead atoms. The first kappa shape index (κ1) is 24.7. The van der Waals surface area contributed by atoms with Crippen molar-refractivity contribution in [2.45, 2.75) is 89.4 Å². The molecular formula is C16H42O4Si4. The summed E-state index contributed by atoms with van der Waals surface area (Å²) in [7, 11) is -6.82. The predicted molar refractivity (Wildman–Crippen MR) is 115 cm³/mol. The molecule has 0 aliphatic heterocycles. The highest BCUT2D eigenvalue weighted by Gasteiger charge is 2.39. The maximum atomic E-state index is 9.26. The molecule has 0 fully saturated rings. The highest BCUT2D eigenvalue weighted by atomic mass is 28.4. The van der Waals surface area contributed by atoms with Crippen molar-refractivity contribution < 1.29 is 18.4 Å². The third kappa shape index (κ3) is 12.1. The molecule has 0 amide bonds. The molecule has 0 aliphatic rings. The highest BCUT2D eigenvalue weighted by molar-refractivity contribution is 6.88. The van der Waals surface area contributed by atoms with Gasteiger partial charge in [0.15, 0.2) is 33.3 Å². The molecule has 2 atom stereocenters. The van der Waals surface area contributed by atoms with Gasteiger partial charge in [-0.2, -0.15) is 0 Å². The summed E-state index contributed by atoms with van der Waals surface area (Å²) in [6.07, 6.45) is 1.69. The van der Waals surface area contributed by atoms with Crippen LogP contribution in [0.4, 0.5) is 0 Å². The monoisotopic (exact) mass is 410 g/mol. The Kier molecular flexibility index (Phi) is 10.4. The van der Waals surface area contributed by atoms with E-state index < -0.39 is 33.3 Å². The van der Waals surface area contributed by atoms with Gasteiger partial charge in [0.05, 0.1) is 0 Å². The van der Waals surface area contributed by atoms with E-state index in [1.807, 2.05) is 0 Å². The standard InChI is InChI=1S/C16H42O4Si4/c1-21(2,3)19-23(7,13-9-11-17)15-16-24(8,14-10-12-18)20-22(4,5)6/h17-18H,9-16H2,1-8H3. The molecule has 0 spiro atoms. The Morgan fingerprint density at radius 3 is 1.04 bits per heavy atom. The average molecular weight is 411 g/mol. The number of hydrogen-bond acceptors (Lipinski definition) is 4. The van der Waals surface area contributed by atoms with Crippen LogP contribution < -0.4 is 0 Å². The molecule has 0 radical (unpaired) electrons. The van der Waals surface area contributed by atoms with Crippen molar-refractivity contribution in [3.8, 4) is 0 Å². The molecule has 0 aromatic rings. The van der Waals surface area contributed by atoms with Gasteiger partial charge in [0.1, 0.15) is 0 Å². The number of aliphatic hydroxyl groups is 2. The smallest absolute Gasteiger partial charge is 0.176 e. The zero-order valence-corrected chi connectivity index (χ0v) is 21.4. The quantitative estimate of drug-likeness (QED) is 0.435. The maximum absolute atomic E-state index is 9.26. The van der Waals surface area contributed by atoms with Crippen molar-refractivity contribution in [2.24, 2.45) is 0 Å². The Bertz CT molecular complexity index is 323. The molecule has 24 heavy (non-hydrogen) atoms. The van der Waals surface area contributed by atoms with Gasteiger partial charge < -0.3 is 18.4 Å². The van der Waals surface area contributed by atoms with E-state index in [4.69, 9.17) is 8.23 Å². The number of rotatable bonds is 13. The molecule has 0 aliphatic carbocycles. The predicted octanol–water partition coefficient (Wildman–Crippen LogP) is 4.60.